The first-order valence-electron chi connectivity index (χ1n) is 7.90. The average molecular weight is 303 g/mol. The number of rotatable bonds is 3. The zero-order valence-electron chi connectivity index (χ0n) is 13.6. The highest BCUT2D eigenvalue weighted by Gasteiger charge is 2.41. The van der Waals surface area contributed by atoms with Gasteiger partial charge in [-0.2, -0.15) is 0 Å². The number of nitrogens with zero attached hydrogens (tertiary/aromatic N) is 1. The summed E-state index contributed by atoms with van der Waals surface area (Å²) in [6.45, 7) is 4.71. The summed E-state index contributed by atoms with van der Waals surface area (Å²) < 4.78 is 5.34. The first-order chi connectivity index (χ1) is 10.5. The van der Waals surface area contributed by atoms with Crippen molar-refractivity contribution >= 4 is 11.6 Å². The zero-order chi connectivity index (χ0) is 15.7. The van der Waals surface area contributed by atoms with Gasteiger partial charge < -0.3 is 20.3 Å². The number of carbonyl (C=O) groups excluding carboxylic acids is 1. The molecule has 22 heavy (non-hydrogen) atoms. The lowest BCUT2D eigenvalue weighted by Gasteiger charge is -2.26. The number of carbonyl (C=O) groups is 1. The van der Waals surface area contributed by atoms with Crippen LogP contribution in [0.2, 0.25) is 0 Å². The highest BCUT2D eigenvalue weighted by molar-refractivity contribution is 5.98. The Labute approximate surface area is 132 Å². The largest absolute Gasteiger partial charge is 0.380 e. The van der Waals surface area contributed by atoms with Gasteiger partial charge in [0.05, 0.1) is 11.6 Å². The SMILES string of the molecule is CO[C@H]1CN[C@](C)(C(=O)Nc2ccc3c(c2)CCN(C)C3)C1. The van der Waals surface area contributed by atoms with Crippen LogP contribution >= 0.6 is 0 Å². The van der Waals surface area contributed by atoms with Crippen molar-refractivity contribution in [2.45, 2.75) is 38.0 Å². The molecule has 2 atom stereocenters. The van der Waals surface area contributed by atoms with Crippen molar-refractivity contribution in [1.29, 1.82) is 0 Å². The number of likely N-dealkylation sites (N-methyl/N-ethyl adjacent to an activating group) is 1. The number of hydrogen-bond donors (Lipinski definition) is 2. The van der Waals surface area contributed by atoms with Crippen molar-refractivity contribution in [2.75, 3.05) is 32.6 Å². The van der Waals surface area contributed by atoms with Gasteiger partial charge in [-0.1, -0.05) is 6.07 Å². The molecule has 1 amide bonds. The standard InChI is InChI=1S/C17H25N3O2/c1-17(9-15(22-3)10-18-17)16(21)19-14-5-4-13-11-20(2)7-6-12(13)8-14/h4-5,8,15,18H,6-7,9-11H2,1-3H3,(H,19,21)/t15-,17+/m1/s1. The van der Waals surface area contributed by atoms with Gasteiger partial charge in [0.15, 0.2) is 0 Å². The molecule has 3 rings (SSSR count). The van der Waals surface area contributed by atoms with E-state index in [9.17, 15) is 4.79 Å². The highest BCUT2D eigenvalue weighted by atomic mass is 16.5. The van der Waals surface area contributed by atoms with E-state index in [4.69, 9.17) is 4.74 Å². The fraction of sp³-hybridized carbons (Fsp3) is 0.588. The monoisotopic (exact) mass is 303 g/mol. The second kappa shape index (κ2) is 5.99. The van der Waals surface area contributed by atoms with E-state index in [1.807, 2.05) is 13.0 Å². The van der Waals surface area contributed by atoms with Gasteiger partial charge in [0.1, 0.15) is 0 Å². The molecule has 2 heterocycles. The Balaban J connectivity index is 1.70. The van der Waals surface area contributed by atoms with Crippen LogP contribution in [-0.4, -0.2) is 49.7 Å². The molecule has 120 valence electrons. The number of benzene rings is 1. The van der Waals surface area contributed by atoms with Crippen LogP contribution in [0.25, 0.3) is 0 Å². The first kappa shape index (κ1) is 15.5. The third-order valence-corrected chi connectivity index (χ3v) is 4.86. The Bertz CT molecular complexity index is 575. The molecule has 0 aliphatic carbocycles. The Kier molecular flexibility index (Phi) is 4.21. The van der Waals surface area contributed by atoms with Crippen molar-refractivity contribution in [1.82, 2.24) is 10.2 Å². The zero-order valence-corrected chi connectivity index (χ0v) is 13.6. The quantitative estimate of drug-likeness (QED) is 0.886. The van der Waals surface area contributed by atoms with E-state index in [1.54, 1.807) is 7.11 Å². The molecule has 0 unspecified atom stereocenters. The van der Waals surface area contributed by atoms with Crippen LogP contribution < -0.4 is 10.6 Å². The maximum absolute atomic E-state index is 12.6. The number of ether oxygens (including phenoxy) is 1. The van der Waals surface area contributed by atoms with E-state index in [2.05, 4.69) is 34.7 Å². The lowest BCUT2D eigenvalue weighted by molar-refractivity contribution is -0.121. The summed E-state index contributed by atoms with van der Waals surface area (Å²) in [5.74, 6) is 0.0138. The van der Waals surface area contributed by atoms with Gasteiger partial charge in [0.25, 0.3) is 0 Å². The minimum absolute atomic E-state index is 0.0138. The van der Waals surface area contributed by atoms with Crippen LogP contribution in [0.4, 0.5) is 5.69 Å². The normalized spacial score (nSPS) is 28.4. The topological polar surface area (TPSA) is 53.6 Å². The smallest absolute Gasteiger partial charge is 0.244 e. The minimum atomic E-state index is -0.559. The molecule has 1 saturated heterocycles. The molecule has 2 aliphatic rings. The average Bonchev–Trinajstić information content (AvgIpc) is 2.90. The lowest BCUT2D eigenvalue weighted by atomic mass is 9.97. The van der Waals surface area contributed by atoms with Crippen molar-refractivity contribution in [3.05, 3.63) is 29.3 Å². The number of methoxy groups -OCH3 is 1. The van der Waals surface area contributed by atoms with Crippen molar-refractivity contribution in [3.63, 3.8) is 0 Å². The molecule has 2 aliphatic heterocycles. The molecule has 0 bridgehead atoms. The number of nitrogens with one attached hydrogen (secondary N) is 2. The molecule has 1 aromatic rings. The van der Waals surface area contributed by atoms with Crippen LogP contribution in [0.5, 0.6) is 0 Å². The van der Waals surface area contributed by atoms with Crippen LogP contribution in [0.3, 0.4) is 0 Å². The van der Waals surface area contributed by atoms with E-state index < -0.39 is 5.54 Å². The van der Waals surface area contributed by atoms with Gasteiger partial charge in [-0.05, 0) is 43.7 Å². The van der Waals surface area contributed by atoms with E-state index in [0.717, 1.165) is 31.7 Å². The van der Waals surface area contributed by atoms with Gasteiger partial charge >= 0.3 is 0 Å². The molecule has 5 nitrogen and oxygen atoms in total. The predicted octanol–water partition coefficient (Wildman–Crippen LogP) is 1.38. The Morgan fingerprint density at radius 1 is 1.45 bits per heavy atom. The van der Waals surface area contributed by atoms with Gasteiger partial charge in [-0.3, -0.25) is 4.79 Å². The third-order valence-electron chi connectivity index (χ3n) is 4.86. The van der Waals surface area contributed by atoms with E-state index in [-0.39, 0.29) is 12.0 Å². The predicted molar refractivity (Wildman–Crippen MR) is 86.9 cm³/mol. The van der Waals surface area contributed by atoms with Gasteiger partial charge in [-0.15, -0.1) is 0 Å². The third kappa shape index (κ3) is 3.02. The minimum Gasteiger partial charge on any atom is -0.380 e. The summed E-state index contributed by atoms with van der Waals surface area (Å²) in [5.41, 5.74) is 3.03. The van der Waals surface area contributed by atoms with E-state index >= 15 is 0 Å². The van der Waals surface area contributed by atoms with Gasteiger partial charge in [0.2, 0.25) is 5.91 Å². The summed E-state index contributed by atoms with van der Waals surface area (Å²) >= 11 is 0. The Morgan fingerprint density at radius 2 is 2.27 bits per heavy atom. The maximum atomic E-state index is 12.6. The number of hydrogen-bond acceptors (Lipinski definition) is 4. The Hall–Kier alpha value is -1.43. The van der Waals surface area contributed by atoms with E-state index in [1.165, 1.54) is 11.1 Å². The number of fused-ring (bicyclic) bond motifs is 1. The lowest BCUT2D eigenvalue weighted by Crippen LogP contribution is -2.48. The van der Waals surface area contributed by atoms with Gasteiger partial charge in [0, 0.05) is 38.9 Å². The summed E-state index contributed by atoms with van der Waals surface area (Å²) in [6.07, 6.45) is 1.84. The molecule has 0 spiro atoms. The second-order valence-corrected chi connectivity index (χ2v) is 6.70. The summed E-state index contributed by atoms with van der Waals surface area (Å²) in [6, 6.07) is 6.25. The van der Waals surface area contributed by atoms with E-state index in [0.29, 0.717) is 6.42 Å². The highest BCUT2D eigenvalue weighted by Crippen LogP contribution is 2.25. The van der Waals surface area contributed by atoms with Crippen molar-refractivity contribution in [2.24, 2.45) is 0 Å². The molecular weight excluding hydrogens is 278 g/mol. The van der Waals surface area contributed by atoms with Gasteiger partial charge in [-0.25, -0.2) is 0 Å². The fourth-order valence-electron chi connectivity index (χ4n) is 3.32. The molecule has 0 aromatic heterocycles. The maximum Gasteiger partial charge on any atom is 0.244 e. The van der Waals surface area contributed by atoms with Crippen molar-refractivity contribution < 1.29 is 9.53 Å². The summed E-state index contributed by atoms with van der Waals surface area (Å²) in [7, 11) is 3.83. The van der Waals surface area contributed by atoms with Crippen LogP contribution in [0.15, 0.2) is 18.2 Å². The second-order valence-electron chi connectivity index (χ2n) is 6.70. The fourth-order valence-corrected chi connectivity index (χ4v) is 3.32. The number of anilines is 1. The molecule has 0 radical (unpaired) electrons. The van der Waals surface area contributed by atoms with Crippen LogP contribution in [-0.2, 0) is 22.5 Å². The van der Waals surface area contributed by atoms with Crippen molar-refractivity contribution in [3.8, 4) is 0 Å². The van der Waals surface area contributed by atoms with Crippen LogP contribution in [0.1, 0.15) is 24.5 Å². The first-order valence-corrected chi connectivity index (χ1v) is 7.90. The Morgan fingerprint density at radius 3 is 3.00 bits per heavy atom. The van der Waals surface area contributed by atoms with Crippen LogP contribution in [0, 0.1) is 0 Å². The summed E-state index contributed by atoms with van der Waals surface area (Å²) in [5, 5.41) is 6.34. The molecule has 2 N–H and O–H groups in total. The summed E-state index contributed by atoms with van der Waals surface area (Å²) in [4.78, 5) is 14.9. The molecule has 1 aromatic carbocycles. The molecule has 1 fully saturated rings. The number of amides is 1. The molecular formula is C17H25N3O2. The molecule has 0 saturated carbocycles. The molecule has 5 heteroatoms.